The van der Waals surface area contributed by atoms with Crippen LogP contribution in [0.2, 0.25) is 0 Å². The van der Waals surface area contributed by atoms with Crippen LogP contribution in [0.25, 0.3) is 0 Å². The van der Waals surface area contributed by atoms with Crippen molar-refractivity contribution in [2.24, 2.45) is 0 Å². The van der Waals surface area contributed by atoms with Gasteiger partial charge in [0.2, 0.25) is 0 Å². The van der Waals surface area contributed by atoms with Crippen LogP contribution in [0, 0.1) is 0 Å². The van der Waals surface area contributed by atoms with Crippen LogP contribution < -0.4 is 0 Å². The highest BCUT2D eigenvalue weighted by Gasteiger charge is 2.39. The first kappa shape index (κ1) is 20.0. The number of hydrogen-bond acceptors (Lipinski definition) is 5. The van der Waals surface area contributed by atoms with E-state index in [0.29, 0.717) is 17.9 Å². The van der Waals surface area contributed by atoms with E-state index in [2.05, 4.69) is 6.07 Å². The molecule has 2 heterocycles. The summed E-state index contributed by atoms with van der Waals surface area (Å²) in [7, 11) is 0. The Morgan fingerprint density at radius 2 is 1.69 bits per heavy atom. The lowest BCUT2D eigenvalue weighted by Gasteiger charge is -2.36. The van der Waals surface area contributed by atoms with Crippen molar-refractivity contribution in [3.63, 3.8) is 0 Å². The zero-order valence-corrected chi connectivity index (χ0v) is 17.4. The number of nitrogens with zero attached hydrogens (tertiary/aromatic N) is 1. The number of carbonyl (C=O) groups excluding carboxylic acids is 1. The number of ether oxygens (including phenoxy) is 3. The van der Waals surface area contributed by atoms with Gasteiger partial charge in [-0.3, -0.25) is 4.90 Å². The summed E-state index contributed by atoms with van der Waals surface area (Å²) in [6, 6.07) is 24.0. The molecule has 6 nitrogen and oxygen atoms in total. The molecule has 0 aliphatic carbocycles. The Kier molecular flexibility index (Phi) is 5.42. The van der Waals surface area contributed by atoms with Crippen LogP contribution in [0.15, 0.2) is 90.9 Å². The highest BCUT2D eigenvalue weighted by Crippen LogP contribution is 2.43. The molecule has 1 amide bonds. The van der Waals surface area contributed by atoms with E-state index in [9.17, 15) is 9.90 Å². The number of carbonyl (C=O) groups is 1. The van der Waals surface area contributed by atoms with Crippen molar-refractivity contribution < 1.29 is 24.1 Å². The van der Waals surface area contributed by atoms with E-state index in [1.54, 1.807) is 23.1 Å². The minimum absolute atomic E-state index is 0.0929. The van der Waals surface area contributed by atoms with Gasteiger partial charge >= 0.3 is 6.09 Å². The van der Waals surface area contributed by atoms with Gasteiger partial charge in [-0.25, -0.2) is 4.79 Å². The van der Waals surface area contributed by atoms with Crippen LogP contribution >= 0.6 is 0 Å². The topological polar surface area (TPSA) is 68.2 Å². The van der Waals surface area contributed by atoms with E-state index in [1.807, 2.05) is 54.6 Å². The summed E-state index contributed by atoms with van der Waals surface area (Å²) in [5.41, 5.74) is 3.58. The summed E-state index contributed by atoms with van der Waals surface area (Å²) < 4.78 is 17.5. The van der Waals surface area contributed by atoms with E-state index in [4.69, 9.17) is 14.2 Å². The second kappa shape index (κ2) is 8.67. The lowest BCUT2D eigenvalue weighted by atomic mass is 9.92. The van der Waals surface area contributed by atoms with Gasteiger partial charge in [0.1, 0.15) is 24.7 Å². The summed E-state index contributed by atoms with van der Waals surface area (Å²) in [6.07, 6.45) is 1.07. The maximum absolute atomic E-state index is 13.1. The fourth-order valence-corrected chi connectivity index (χ4v) is 4.13. The van der Waals surface area contributed by atoms with Gasteiger partial charge in [-0.05, 0) is 35.2 Å². The third-order valence-electron chi connectivity index (χ3n) is 5.73. The molecule has 5 rings (SSSR count). The van der Waals surface area contributed by atoms with E-state index in [1.165, 1.54) is 6.26 Å². The van der Waals surface area contributed by atoms with Crippen LogP contribution in [-0.2, 0) is 27.2 Å². The van der Waals surface area contributed by atoms with Crippen molar-refractivity contribution in [1.29, 1.82) is 0 Å². The number of benzene rings is 3. The number of para-hydroxylation sites is 1. The van der Waals surface area contributed by atoms with Crippen LogP contribution in [0.3, 0.4) is 0 Å². The average Bonchev–Trinajstić information content (AvgIpc) is 3.32. The first-order chi connectivity index (χ1) is 15.7. The molecule has 2 atom stereocenters. The molecule has 162 valence electrons. The minimum Gasteiger partial charge on any atom is -0.507 e. The summed E-state index contributed by atoms with van der Waals surface area (Å²) in [5.74, 6) is 0.595. The maximum Gasteiger partial charge on any atom is 0.411 e. The third kappa shape index (κ3) is 3.87. The van der Waals surface area contributed by atoms with E-state index >= 15 is 0 Å². The SMILES string of the molecule is O=C(OCc1ccccc1)N1CCc2ccccc2C1C1=COC(c2ccccc2O)O1. The van der Waals surface area contributed by atoms with E-state index < -0.39 is 18.4 Å². The Morgan fingerprint density at radius 1 is 0.969 bits per heavy atom. The normalized spacial score (nSPS) is 19.4. The molecule has 1 N–H and O–H groups in total. The predicted molar refractivity (Wildman–Crippen MR) is 117 cm³/mol. The molecule has 2 aliphatic heterocycles. The lowest BCUT2D eigenvalue weighted by Crippen LogP contribution is -2.41. The van der Waals surface area contributed by atoms with E-state index in [-0.39, 0.29) is 12.4 Å². The molecule has 0 aromatic heterocycles. The summed E-state index contributed by atoms with van der Waals surface area (Å²) >= 11 is 0. The molecule has 3 aromatic carbocycles. The maximum atomic E-state index is 13.1. The zero-order chi connectivity index (χ0) is 21.9. The predicted octanol–water partition coefficient (Wildman–Crippen LogP) is 5.22. The van der Waals surface area contributed by atoms with Gasteiger partial charge in [-0.2, -0.15) is 0 Å². The quantitative estimate of drug-likeness (QED) is 0.616. The number of amides is 1. The molecule has 0 spiro atoms. The highest BCUT2D eigenvalue weighted by molar-refractivity contribution is 5.70. The molecule has 2 unspecified atom stereocenters. The molecule has 0 fully saturated rings. The second-order valence-electron chi connectivity index (χ2n) is 7.75. The van der Waals surface area contributed by atoms with Gasteiger partial charge in [-0.15, -0.1) is 0 Å². The summed E-state index contributed by atoms with van der Waals surface area (Å²) in [6.45, 7) is 0.693. The first-order valence-corrected chi connectivity index (χ1v) is 10.6. The summed E-state index contributed by atoms with van der Waals surface area (Å²) in [4.78, 5) is 14.8. The summed E-state index contributed by atoms with van der Waals surface area (Å²) in [5, 5.41) is 10.2. The molecule has 0 saturated heterocycles. The van der Waals surface area contributed by atoms with Crippen molar-refractivity contribution >= 4 is 6.09 Å². The first-order valence-electron chi connectivity index (χ1n) is 10.6. The van der Waals surface area contributed by atoms with Gasteiger partial charge in [-0.1, -0.05) is 66.7 Å². The monoisotopic (exact) mass is 429 g/mol. The largest absolute Gasteiger partial charge is 0.507 e. The average molecular weight is 429 g/mol. The molecule has 6 heteroatoms. The fourth-order valence-electron chi connectivity index (χ4n) is 4.13. The Hall–Kier alpha value is -3.93. The minimum atomic E-state index is -0.775. The Labute approximate surface area is 186 Å². The van der Waals surface area contributed by atoms with Crippen molar-refractivity contribution in [1.82, 2.24) is 4.90 Å². The number of fused-ring (bicyclic) bond motifs is 1. The van der Waals surface area contributed by atoms with Crippen LogP contribution in [0.1, 0.15) is 34.6 Å². The molecule has 3 aromatic rings. The van der Waals surface area contributed by atoms with Crippen LogP contribution in [-0.4, -0.2) is 22.6 Å². The van der Waals surface area contributed by atoms with Gasteiger partial charge < -0.3 is 19.3 Å². The molecular weight excluding hydrogens is 406 g/mol. The second-order valence-corrected chi connectivity index (χ2v) is 7.75. The zero-order valence-electron chi connectivity index (χ0n) is 17.4. The van der Waals surface area contributed by atoms with Crippen LogP contribution in [0.5, 0.6) is 5.75 Å². The lowest BCUT2D eigenvalue weighted by molar-refractivity contribution is -0.0454. The van der Waals surface area contributed by atoms with Gasteiger partial charge in [0.05, 0.1) is 5.56 Å². The van der Waals surface area contributed by atoms with Crippen LogP contribution in [0.4, 0.5) is 4.79 Å². The molecule has 32 heavy (non-hydrogen) atoms. The number of rotatable bonds is 4. The number of aromatic hydroxyl groups is 1. The fraction of sp³-hybridized carbons (Fsp3) is 0.192. The highest BCUT2D eigenvalue weighted by atomic mass is 16.7. The Bertz CT molecular complexity index is 1140. The van der Waals surface area contributed by atoms with Crippen molar-refractivity contribution in [2.45, 2.75) is 25.4 Å². The van der Waals surface area contributed by atoms with Gasteiger partial charge in [0.15, 0.2) is 5.76 Å². The third-order valence-corrected chi connectivity index (χ3v) is 5.73. The van der Waals surface area contributed by atoms with Crippen molar-refractivity contribution in [2.75, 3.05) is 6.54 Å². The molecule has 0 bridgehead atoms. The van der Waals surface area contributed by atoms with Crippen molar-refractivity contribution in [3.05, 3.63) is 113 Å². The Balaban J connectivity index is 1.39. The van der Waals surface area contributed by atoms with Crippen molar-refractivity contribution in [3.8, 4) is 5.75 Å². The molecular formula is C26H23NO5. The number of hydrogen-bond donors (Lipinski definition) is 1. The standard InChI is InChI=1S/C26H23NO5/c28-22-13-7-6-12-21(22)25-30-17-23(32-25)24-20-11-5-4-10-19(20)14-15-27(24)26(29)31-16-18-8-2-1-3-9-18/h1-13,17,24-25,28H,14-16H2. The number of phenols is 1. The van der Waals surface area contributed by atoms with Gasteiger partial charge in [0.25, 0.3) is 6.29 Å². The van der Waals surface area contributed by atoms with E-state index in [0.717, 1.165) is 23.1 Å². The number of phenolic OH excluding ortho intramolecular Hbond substituents is 1. The molecule has 0 saturated carbocycles. The molecule has 2 aliphatic rings. The Morgan fingerprint density at radius 3 is 2.50 bits per heavy atom. The molecule has 0 radical (unpaired) electrons. The van der Waals surface area contributed by atoms with Gasteiger partial charge in [0, 0.05) is 6.54 Å². The smallest absolute Gasteiger partial charge is 0.411 e.